The molecule has 0 aliphatic heterocycles. The zero-order chi connectivity index (χ0) is 20.3. The predicted octanol–water partition coefficient (Wildman–Crippen LogP) is 3.87. The van der Waals surface area contributed by atoms with E-state index in [4.69, 9.17) is 4.74 Å². The van der Waals surface area contributed by atoms with Crippen molar-refractivity contribution in [3.05, 3.63) is 77.1 Å². The Morgan fingerprint density at radius 1 is 1.04 bits per heavy atom. The number of amides is 1. The summed E-state index contributed by atoms with van der Waals surface area (Å²) in [6.45, 7) is 8.07. The lowest BCUT2D eigenvalue weighted by molar-refractivity contribution is 0.0938. The number of aromatic nitrogens is 3. The third-order valence-electron chi connectivity index (χ3n) is 4.55. The molecule has 3 aromatic rings. The zero-order valence-corrected chi connectivity index (χ0v) is 16.9. The van der Waals surface area contributed by atoms with Gasteiger partial charge in [0.25, 0.3) is 5.91 Å². The van der Waals surface area contributed by atoms with Crippen LogP contribution >= 0.6 is 0 Å². The highest BCUT2D eigenvalue weighted by molar-refractivity contribution is 5.92. The maximum atomic E-state index is 12.9. The lowest BCUT2D eigenvalue weighted by atomic mass is 9.97. The molecule has 6 nitrogen and oxygen atoms in total. The van der Waals surface area contributed by atoms with Gasteiger partial charge in [-0.15, -0.1) is 5.10 Å². The highest BCUT2D eigenvalue weighted by Crippen LogP contribution is 2.25. The molecule has 1 amide bonds. The van der Waals surface area contributed by atoms with E-state index in [1.165, 1.54) is 0 Å². The summed E-state index contributed by atoms with van der Waals surface area (Å²) in [5, 5.41) is 11.2. The molecular formula is C22H26N4O2. The molecule has 1 aromatic heterocycles. The molecule has 0 saturated heterocycles. The third kappa shape index (κ3) is 4.39. The highest BCUT2D eigenvalue weighted by Gasteiger charge is 2.22. The summed E-state index contributed by atoms with van der Waals surface area (Å²) in [4.78, 5) is 12.9. The van der Waals surface area contributed by atoms with Crippen LogP contribution in [0.5, 0.6) is 5.75 Å². The average Bonchev–Trinajstić information content (AvgIpc) is 3.18. The minimum atomic E-state index is -0.307. The Labute approximate surface area is 165 Å². The summed E-state index contributed by atoms with van der Waals surface area (Å²) in [6, 6.07) is 15.5. The number of carbonyl (C=O) groups is 1. The molecule has 6 heteroatoms. The summed E-state index contributed by atoms with van der Waals surface area (Å²) in [5.74, 6) is 0.503. The lowest BCUT2D eigenvalue weighted by Gasteiger charge is -2.20. The van der Waals surface area contributed by atoms with Gasteiger partial charge in [-0.1, -0.05) is 47.2 Å². The second kappa shape index (κ2) is 7.84. The van der Waals surface area contributed by atoms with Crippen molar-refractivity contribution in [2.24, 2.45) is 0 Å². The van der Waals surface area contributed by atoms with Crippen molar-refractivity contribution in [3.63, 3.8) is 0 Å². The van der Waals surface area contributed by atoms with E-state index in [2.05, 4.69) is 15.6 Å². The number of carbonyl (C=O) groups excluding carboxylic acids is 1. The van der Waals surface area contributed by atoms with Gasteiger partial charge >= 0.3 is 0 Å². The Kier molecular flexibility index (Phi) is 5.49. The maximum absolute atomic E-state index is 12.9. The number of nitrogens with one attached hydrogen (secondary N) is 1. The fraction of sp³-hybridized carbons (Fsp3) is 0.318. The van der Waals surface area contributed by atoms with Crippen molar-refractivity contribution in [1.82, 2.24) is 20.3 Å². The van der Waals surface area contributed by atoms with Gasteiger partial charge in [-0.25, -0.2) is 4.68 Å². The molecule has 146 valence electrons. The molecule has 0 aliphatic rings. The molecule has 1 heterocycles. The first-order valence-corrected chi connectivity index (χ1v) is 9.22. The molecular weight excluding hydrogens is 352 g/mol. The van der Waals surface area contributed by atoms with Gasteiger partial charge in [-0.3, -0.25) is 4.79 Å². The summed E-state index contributed by atoms with van der Waals surface area (Å²) in [6.07, 6.45) is 1.68. The molecule has 0 fully saturated rings. The number of hydrogen-bond donors (Lipinski definition) is 1. The second-order valence-electron chi connectivity index (χ2n) is 7.81. The number of hydrogen-bond acceptors (Lipinski definition) is 4. The van der Waals surface area contributed by atoms with E-state index >= 15 is 0 Å². The second-order valence-corrected chi connectivity index (χ2v) is 7.81. The predicted molar refractivity (Wildman–Crippen MR) is 109 cm³/mol. The van der Waals surface area contributed by atoms with Crippen LogP contribution in [0.1, 0.15) is 54.0 Å². The SMILES string of the molecule is COc1ccc(C(NC(=O)c2cn(C(C)(C)C)nn2)c2ccc(C)cc2)cc1. The Bertz CT molecular complexity index is 938. The summed E-state index contributed by atoms with van der Waals surface area (Å²) in [5.41, 5.74) is 3.17. The highest BCUT2D eigenvalue weighted by atomic mass is 16.5. The van der Waals surface area contributed by atoms with E-state index in [-0.39, 0.29) is 17.5 Å². The van der Waals surface area contributed by atoms with Crippen LogP contribution in [-0.4, -0.2) is 28.0 Å². The topological polar surface area (TPSA) is 69.0 Å². The van der Waals surface area contributed by atoms with Crippen molar-refractivity contribution in [1.29, 1.82) is 0 Å². The molecule has 1 unspecified atom stereocenters. The van der Waals surface area contributed by atoms with Crippen molar-refractivity contribution < 1.29 is 9.53 Å². The largest absolute Gasteiger partial charge is 0.497 e. The van der Waals surface area contributed by atoms with Gasteiger partial charge in [0, 0.05) is 0 Å². The zero-order valence-electron chi connectivity index (χ0n) is 16.9. The van der Waals surface area contributed by atoms with Crippen LogP contribution in [-0.2, 0) is 5.54 Å². The molecule has 0 saturated carbocycles. The van der Waals surface area contributed by atoms with E-state index in [1.807, 2.05) is 76.2 Å². The molecule has 0 radical (unpaired) electrons. The number of rotatable bonds is 5. The number of benzene rings is 2. The summed E-state index contributed by atoms with van der Waals surface area (Å²) in [7, 11) is 1.63. The lowest BCUT2D eigenvalue weighted by Crippen LogP contribution is -2.29. The number of aryl methyl sites for hydroxylation is 1. The first-order chi connectivity index (χ1) is 13.3. The first kappa shape index (κ1) is 19.6. The number of nitrogens with zero attached hydrogens (tertiary/aromatic N) is 3. The minimum absolute atomic E-state index is 0.238. The Balaban J connectivity index is 1.91. The Morgan fingerprint density at radius 3 is 2.11 bits per heavy atom. The van der Waals surface area contributed by atoms with Crippen LogP contribution in [0.15, 0.2) is 54.7 Å². The normalized spacial score (nSPS) is 12.5. The quantitative estimate of drug-likeness (QED) is 0.732. The van der Waals surface area contributed by atoms with Crippen molar-refractivity contribution in [3.8, 4) is 5.75 Å². The summed E-state index contributed by atoms with van der Waals surface area (Å²) < 4.78 is 6.94. The van der Waals surface area contributed by atoms with E-state index in [9.17, 15) is 4.79 Å². The Hall–Kier alpha value is -3.15. The van der Waals surface area contributed by atoms with Crippen LogP contribution in [0, 0.1) is 6.92 Å². The van der Waals surface area contributed by atoms with E-state index in [0.717, 1.165) is 22.4 Å². The molecule has 0 bridgehead atoms. The van der Waals surface area contributed by atoms with Crippen LogP contribution in [0.25, 0.3) is 0 Å². The van der Waals surface area contributed by atoms with Gasteiger partial charge in [0.15, 0.2) is 5.69 Å². The van der Waals surface area contributed by atoms with Gasteiger partial charge in [-0.2, -0.15) is 0 Å². The standard InChI is InChI=1S/C22H26N4O2/c1-15-6-8-16(9-7-15)20(17-10-12-18(28-5)13-11-17)23-21(27)19-14-26(25-24-19)22(2,3)4/h6-14,20H,1-5H3,(H,23,27). The van der Waals surface area contributed by atoms with Crippen LogP contribution in [0.4, 0.5) is 0 Å². The van der Waals surface area contributed by atoms with E-state index < -0.39 is 0 Å². The van der Waals surface area contributed by atoms with E-state index in [0.29, 0.717) is 5.69 Å². The Morgan fingerprint density at radius 2 is 1.61 bits per heavy atom. The molecule has 1 N–H and O–H groups in total. The smallest absolute Gasteiger partial charge is 0.274 e. The van der Waals surface area contributed by atoms with Crippen molar-refractivity contribution in [2.75, 3.05) is 7.11 Å². The van der Waals surface area contributed by atoms with Crippen molar-refractivity contribution >= 4 is 5.91 Å². The number of methoxy groups -OCH3 is 1. The summed E-state index contributed by atoms with van der Waals surface area (Å²) >= 11 is 0. The van der Waals surface area contributed by atoms with Gasteiger partial charge in [-0.05, 0) is 51.0 Å². The molecule has 3 rings (SSSR count). The number of ether oxygens (including phenoxy) is 1. The van der Waals surface area contributed by atoms with Gasteiger partial charge < -0.3 is 10.1 Å². The fourth-order valence-electron chi connectivity index (χ4n) is 2.82. The van der Waals surface area contributed by atoms with Gasteiger partial charge in [0.2, 0.25) is 0 Å². The molecule has 28 heavy (non-hydrogen) atoms. The maximum Gasteiger partial charge on any atom is 0.274 e. The fourth-order valence-corrected chi connectivity index (χ4v) is 2.82. The third-order valence-corrected chi connectivity index (χ3v) is 4.55. The molecule has 0 aliphatic carbocycles. The van der Waals surface area contributed by atoms with Crippen LogP contribution in [0.2, 0.25) is 0 Å². The van der Waals surface area contributed by atoms with Gasteiger partial charge in [0.05, 0.1) is 24.9 Å². The molecule has 1 atom stereocenters. The molecule has 0 spiro atoms. The monoisotopic (exact) mass is 378 g/mol. The molecule has 2 aromatic carbocycles. The average molecular weight is 378 g/mol. The van der Waals surface area contributed by atoms with Crippen LogP contribution < -0.4 is 10.1 Å². The first-order valence-electron chi connectivity index (χ1n) is 9.22. The van der Waals surface area contributed by atoms with E-state index in [1.54, 1.807) is 18.0 Å². The minimum Gasteiger partial charge on any atom is -0.497 e. The van der Waals surface area contributed by atoms with Crippen LogP contribution in [0.3, 0.4) is 0 Å². The van der Waals surface area contributed by atoms with Gasteiger partial charge in [0.1, 0.15) is 5.75 Å². The van der Waals surface area contributed by atoms with Crippen molar-refractivity contribution in [2.45, 2.75) is 39.3 Å².